The van der Waals surface area contributed by atoms with Gasteiger partial charge >= 0.3 is 5.97 Å². The summed E-state index contributed by atoms with van der Waals surface area (Å²) >= 11 is 0. The molecule has 1 amide bonds. The summed E-state index contributed by atoms with van der Waals surface area (Å²) in [6.45, 7) is 4.47. The van der Waals surface area contributed by atoms with Crippen LogP contribution in [0.25, 0.3) is 0 Å². The fourth-order valence-electron chi connectivity index (χ4n) is 1.70. The Hall–Kier alpha value is -1.10. The molecule has 0 N–H and O–H groups in total. The van der Waals surface area contributed by atoms with Crippen molar-refractivity contribution in [1.29, 1.82) is 0 Å². The third-order valence-electron chi connectivity index (χ3n) is 2.80. The molecule has 0 radical (unpaired) electrons. The first-order chi connectivity index (χ1) is 7.54. The number of hydrogen-bond donors (Lipinski definition) is 0. The van der Waals surface area contributed by atoms with Crippen molar-refractivity contribution in [2.75, 3.05) is 40.3 Å². The minimum Gasteiger partial charge on any atom is -0.469 e. The van der Waals surface area contributed by atoms with E-state index in [1.165, 1.54) is 7.11 Å². The molecule has 0 bridgehead atoms. The molecule has 1 fully saturated rings. The van der Waals surface area contributed by atoms with Crippen LogP contribution in [0.15, 0.2) is 0 Å². The Morgan fingerprint density at radius 2 is 2.06 bits per heavy atom. The SMILES string of the molecule is COC(=O)C(C)CN(C)CC(=O)N1CCC1. The van der Waals surface area contributed by atoms with Crippen molar-refractivity contribution in [2.24, 2.45) is 5.92 Å². The number of esters is 1. The molecule has 1 rings (SSSR count). The van der Waals surface area contributed by atoms with Crippen LogP contribution in [0, 0.1) is 5.92 Å². The average Bonchev–Trinajstić information content (AvgIpc) is 2.12. The maximum atomic E-state index is 11.6. The van der Waals surface area contributed by atoms with E-state index in [1.54, 1.807) is 6.92 Å². The van der Waals surface area contributed by atoms with Crippen molar-refractivity contribution in [2.45, 2.75) is 13.3 Å². The zero-order valence-electron chi connectivity index (χ0n) is 10.2. The maximum absolute atomic E-state index is 11.6. The minimum atomic E-state index is -0.233. The summed E-state index contributed by atoms with van der Waals surface area (Å²) in [6, 6.07) is 0. The van der Waals surface area contributed by atoms with Crippen molar-refractivity contribution in [3.05, 3.63) is 0 Å². The molecule has 1 unspecified atom stereocenters. The van der Waals surface area contributed by atoms with Crippen molar-refractivity contribution in [1.82, 2.24) is 9.80 Å². The van der Waals surface area contributed by atoms with Gasteiger partial charge in [0.1, 0.15) is 0 Å². The molecule has 5 heteroatoms. The van der Waals surface area contributed by atoms with Crippen LogP contribution < -0.4 is 0 Å². The molecule has 0 spiro atoms. The Kier molecular flexibility index (Phi) is 4.73. The number of likely N-dealkylation sites (N-methyl/N-ethyl adjacent to an activating group) is 1. The molecular weight excluding hydrogens is 208 g/mol. The molecule has 0 aromatic carbocycles. The van der Waals surface area contributed by atoms with Crippen molar-refractivity contribution >= 4 is 11.9 Å². The van der Waals surface area contributed by atoms with Crippen LogP contribution in [0.2, 0.25) is 0 Å². The van der Waals surface area contributed by atoms with Gasteiger partial charge in [-0.15, -0.1) is 0 Å². The molecule has 0 saturated carbocycles. The Balaban J connectivity index is 2.26. The fraction of sp³-hybridized carbons (Fsp3) is 0.818. The molecule has 0 aliphatic carbocycles. The second kappa shape index (κ2) is 5.84. The van der Waals surface area contributed by atoms with E-state index < -0.39 is 0 Å². The Morgan fingerprint density at radius 1 is 1.44 bits per heavy atom. The quantitative estimate of drug-likeness (QED) is 0.620. The van der Waals surface area contributed by atoms with Gasteiger partial charge in [-0.25, -0.2) is 0 Å². The van der Waals surface area contributed by atoms with Gasteiger partial charge in [0.05, 0.1) is 19.6 Å². The summed E-state index contributed by atoms with van der Waals surface area (Å²) in [7, 11) is 3.22. The first-order valence-electron chi connectivity index (χ1n) is 5.58. The highest BCUT2D eigenvalue weighted by Gasteiger charge is 2.22. The zero-order chi connectivity index (χ0) is 12.1. The van der Waals surface area contributed by atoms with Crippen LogP contribution in [0.4, 0.5) is 0 Å². The summed E-state index contributed by atoms with van der Waals surface area (Å²) in [6.07, 6.45) is 1.11. The first-order valence-corrected chi connectivity index (χ1v) is 5.58. The number of likely N-dealkylation sites (tertiary alicyclic amines) is 1. The average molecular weight is 228 g/mol. The van der Waals surface area contributed by atoms with Gasteiger partial charge in [0, 0.05) is 19.6 Å². The van der Waals surface area contributed by atoms with Gasteiger partial charge in [0.2, 0.25) is 5.91 Å². The lowest BCUT2D eigenvalue weighted by molar-refractivity contribution is -0.146. The molecule has 16 heavy (non-hydrogen) atoms. The van der Waals surface area contributed by atoms with Crippen molar-refractivity contribution in [3.63, 3.8) is 0 Å². The molecule has 1 atom stereocenters. The Bertz CT molecular complexity index is 264. The number of methoxy groups -OCH3 is 1. The van der Waals surface area contributed by atoms with E-state index in [9.17, 15) is 9.59 Å². The molecule has 92 valence electrons. The monoisotopic (exact) mass is 228 g/mol. The number of nitrogens with zero attached hydrogens (tertiary/aromatic N) is 2. The summed E-state index contributed by atoms with van der Waals surface area (Å²) in [4.78, 5) is 26.5. The number of hydrogen-bond acceptors (Lipinski definition) is 4. The van der Waals surface area contributed by atoms with E-state index in [-0.39, 0.29) is 17.8 Å². The summed E-state index contributed by atoms with van der Waals surface area (Å²) in [5.41, 5.74) is 0. The van der Waals surface area contributed by atoms with Gasteiger partial charge in [-0.2, -0.15) is 0 Å². The van der Waals surface area contributed by atoms with Crippen LogP contribution in [0.1, 0.15) is 13.3 Å². The van der Waals surface area contributed by atoms with Crippen LogP contribution >= 0.6 is 0 Å². The summed E-state index contributed by atoms with van der Waals surface area (Å²) in [5.74, 6) is -0.284. The van der Waals surface area contributed by atoms with Gasteiger partial charge in [0.25, 0.3) is 0 Å². The largest absolute Gasteiger partial charge is 0.469 e. The number of rotatable bonds is 5. The van der Waals surface area contributed by atoms with Crippen LogP contribution in [-0.4, -0.2) is 62.0 Å². The van der Waals surface area contributed by atoms with Crippen LogP contribution in [0.3, 0.4) is 0 Å². The number of carbonyl (C=O) groups excluding carboxylic acids is 2. The molecule has 1 saturated heterocycles. The Labute approximate surface area is 96.3 Å². The van der Waals surface area contributed by atoms with Gasteiger partial charge in [0.15, 0.2) is 0 Å². The lowest BCUT2D eigenvalue weighted by Crippen LogP contribution is -2.47. The van der Waals surface area contributed by atoms with Gasteiger partial charge in [-0.05, 0) is 13.5 Å². The van der Waals surface area contributed by atoms with Crippen LogP contribution in [0.5, 0.6) is 0 Å². The molecule has 1 aliphatic heterocycles. The van der Waals surface area contributed by atoms with Crippen molar-refractivity contribution in [3.8, 4) is 0 Å². The summed E-state index contributed by atoms with van der Waals surface area (Å²) < 4.78 is 4.64. The highest BCUT2D eigenvalue weighted by atomic mass is 16.5. The van der Waals surface area contributed by atoms with Gasteiger partial charge in [-0.3, -0.25) is 14.5 Å². The molecule has 0 aromatic heterocycles. The highest BCUT2D eigenvalue weighted by Crippen LogP contribution is 2.07. The number of amides is 1. The number of carbonyl (C=O) groups is 2. The fourth-order valence-corrected chi connectivity index (χ4v) is 1.70. The first kappa shape index (κ1) is 13.0. The molecule has 1 aliphatic rings. The smallest absolute Gasteiger partial charge is 0.309 e. The van der Waals surface area contributed by atoms with Gasteiger partial charge in [-0.1, -0.05) is 6.92 Å². The van der Waals surface area contributed by atoms with E-state index in [0.29, 0.717) is 13.1 Å². The summed E-state index contributed by atoms with van der Waals surface area (Å²) in [5, 5.41) is 0. The normalized spacial score (nSPS) is 16.9. The molecule has 5 nitrogen and oxygen atoms in total. The van der Waals surface area contributed by atoms with E-state index in [1.807, 2.05) is 16.8 Å². The highest BCUT2D eigenvalue weighted by molar-refractivity contribution is 5.79. The van der Waals surface area contributed by atoms with E-state index >= 15 is 0 Å². The van der Waals surface area contributed by atoms with Crippen LogP contribution in [-0.2, 0) is 14.3 Å². The second-order valence-electron chi connectivity index (χ2n) is 4.36. The number of ether oxygens (including phenoxy) is 1. The Morgan fingerprint density at radius 3 is 2.50 bits per heavy atom. The minimum absolute atomic E-state index is 0.144. The molecular formula is C11H20N2O3. The predicted octanol–water partition coefficient (Wildman–Crippen LogP) is -0.0404. The third-order valence-corrected chi connectivity index (χ3v) is 2.80. The van der Waals surface area contributed by atoms with E-state index in [0.717, 1.165) is 19.5 Å². The maximum Gasteiger partial charge on any atom is 0.309 e. The zero-order valence-corrected chi connectivity index (χ0v) is 10.2. The van der Waals surface area contributed by atoms with Gasteiger partial charge < -0.3 is 9.64 Å². The predicted molar refractivity (Wildman–Crippen MR) is 59.9 cm³/mol. The molecule has 1 heterocycles. The van der Waals surface area contributed by atoms with E-state index in [2.05, 4.69) is 4.74 Å². The lowest BCUT2D eigenvalue weighted by atomic mass is 10.1. The second-order valence-corrected chi connectivity index (χ2v) is 4.36. The lowest BCUT2D eigenvalue weighted by Gasteiger charge is -2.32. The standard InChI is InChI=1S/C11H20N2O3/c1-9(11(15)16-3)7-12(2)8-10(14)13-5-4-6-13/h9H,4-8H2,1-3H3. The third kappa shape index (κ3) is 3.48. The molecule has 0 aromatic rings. The van der Waals surface area contributed by atoms with E-state index in [4.69, 9.17) is 0 Å². The van der Waals surface area contributed by atoms with Crippen molar-refractivity contribution < 1.29 is 14.3 Å². The topological polar surface area (TPSA) is 49.9 Å².